The molecule has 0 saturated heterocycles. The molecule has 0 N–H and O–H groups in total. The Kier molecular flexibility index (Phi) is 7.48. The second-order valence-corrected chi connectivity index (χ2v) is 15.6. The Labute approximate surface area is 342 Å². The molecule has 0 saturated carbocycles. The summed E-state index contributed by atoms with van der Waals surface area (Å²) in [6.07, 6.45) is 0. The molecule has 0 atom stereocenters. The Bertz CT molecular complexity index is 3340. The van der Waals surface area contributed by atoms with Crippen molar-refractivity contribution in [3.8, 4) is 22.3 Å². The van der Waals surface area contributed by atoms with Gasteiger partial charge in [0.25, 0.3) is 0 Å². The molecule has 11 aromatic rings. The van der Waals surface area contributed by atoms with Crippen LogP contribution in [0.15, 0.2) is 229 Å². The maximum Gasteiger partial charge on any atom is 0.159 e. The molecule has 0 amide bonds. The zero-order chi connectivity index (χ0) is 38.9. The molecule has 1 aliphatic carbocycles. The molecule has 1 aromatic heterocycles. The van der Waals surface area contributed by atoms with Crippen LogP contribution in [0.2, 0.25) is 0 Å². The van der Waals surface area contributed by atoms with Crippen LogP contribution in [-0.4, -0.2) is 0 Å². The van der Waals surface area contributed by atoms with Crippen LogP contribution in [0, 0.1) is 0 Å². The van der Waals surface area contributed by atoms with Crippen LogP contribution in [-0.2, 0) is 5.41 Å². The van der Waals surface area contributed by atoms with Crippen LogP contribution in [0.5, 0.6) is 0 Å². The van der Waals surface area contributed by atoms with Crippen LogP contribution in [0.25, 0.3) is 65.7 Å². The molecule has 0 bridgehead atoms. The fraction of sp³-hybridized carbons (Fsp3) is 0.0175. The van der Waals surface area contributed by atoms with Gasteiger partial charge in [0.15, 0.2) is 5.58 Å². The monoisotopic (exact) mass is 751 g/mol. The summed E-state index contributed by atoms with van der Waals surface area (Å²) in [7, 11) is 0. The smallest absolute Gasteiger partial charge is 0.159 e. The maximum atomic E-state index is 6.58. The first-order valence-corrected chi connectivity index (χ1v) is 20.3. The normalized spacial score (nSPS) is 12.9. The van der Waals surface area contributed by atoms with Crippen LogP contribution < -0.4 is 4.90 Å². The number of benzene rings is 10. The Morgan fingerprint density at radius 2 is 1.02 bits per heavy atom. The van der Waals surface area contributed by atoms with Crippen molar-refractivity contribution in [3.63, 3.8) is 0 Å². The standard InChI is InChI=1S/C57H37NO/c1-4-18-42(19-5-1)57(43-20-6-2-7-21-43)51-28-14-12-26-49(51)54-50(37-40-17-10-11-24-46(40)55(54)57)41-32-31-39-36-45(34-33-38(39)35-41)58(44-22-8-3-9-23-44)52-29-16-27-48-47-25-13-15-30-53(47)59-56(48)52/h1-37H. The molecule has 0 radical (unpaired) electrons. The molecule has 1 heterocycles. The zero-order valence-corrected chi connectivity index (χ0v) is 32.2. The van der Waals surface area contributed by atoms with Gasteiger partial charge < -0.3 is 9.32 Å². The van der Waals surface area contributed by atoms with Gasteiger partial charge in [0.2, 0.25) is 0 Å². The molecule has 0 spiro atoms. The third-order valence-corrected chi connectivity index (χ3v) is 12.5. The van der Waals surface area contributed by atoms with Crippen molar-refractivity contribution >= 4 is 60.5 Å². The van der Waals surface area contributed by atoms with Crippen molar-refractivity contribution in [2.45, 2.75) is 5.41 Å². The molecular weight excluding hydrogens is 715 g/mol. The largest absolute Gasteiger partial charge is 0.454 e. The van der Waals surface area contributed by atoms with Crippen molar-refractivity contribution < 1.29 is 4.42 Å². The first kappa shape index (κ1) is 33.5. The third-order valence-electron chi connectivity index (χ3n) is 12.5. The van der Waals surface area contributed by atoms with E-state index in [-0.39, 0.29) is 0 Å². The van der Waals surface area contributed by atoms with Gasteiger partial charge in [0, 0.05) is 22.1 Å². The summed E-state index contributed by atoms with van der Waals surface area (Å²) in [4.78, 5) is 2.32. The molecular formula is C57H37NO. The minimum absolute atomic E-state index is 0.501. The summed E-state index contributed by atoms with van der Waals surface area (Å²) < 4.78 is 6.58. The predicted octanol–water partition coefficient (Wildman–Crippen LogP) is 15.4. The van der Waals surface area contributed by atoms with Gasteiger partial charge >= 0.3 is 0 Å². The number of rotatable bonds is 6. The van der Waals surface area contributed by atoms with Crippen LogP contribution in [0.4, 0.5) is 17.1 Å². The van der Waals surface area contributed by atoms with E-state index in [0.29, 0.717) is 0 Å². The third kappa shape index (κ3) is 5.00. The highest BCUT2D eigenvalue weighted by Crippen LogP contribution is 2.60. The average Bonchev–Trinajstić information content (AvgIpc) is 3.85. The quantitative estimate of drug-likeness (QED) is 0.168. The summed E-state index contributed by atoms with van der Waals surface area (Å²) in [5, 5.41) is 7.10. The van der Waals surface area contributed by atoms with E-state index in [1.54, 1.807) is 0 Å². The molecule has 0 unspecified atom stereocenters. The topological polar surface area (TPSA) is 16.4 Å². The summed E-state index contributed by atoms with van der Waals surface area (Å²) in [5.41, 5.74) is 14.6. The van der Waals surface area contributed by atoms with Crippen molar-refractivity contribution in [1.29, 1.82) is 0 Å². The van der Waals surface area contributed by atoms with Gasteiger partial charge in [-0.3, -0.25) is 0 Å². The average molecular weight is 752 g/mol. The number of fused-ring (bicyclic) bond motifs is 9. The van der Waals surface area contributed by atoms with E-state index in [1.807, 2.05) is 12.1 Å². The first-order valence-electron chi connectivity index (χ1n) is 20.3. The van der Waals surface area contributed by atoms with E-state index >= 15 is 0 Å². The lowest BCUT2D eigenvalue weighted by Gasteiger charge is -2.35. The summed E-state index contributed by atoms with van der Waals surface area (Å²) in [6, 6.07) is 81.8. The molecule has 59 heavy (non-hydrogen) atoms. The summed E-state index contributed by atoms with van der Waals surface area (Å²) in [6.45, 7) is 0. The van der Waals surface area contributed by atoms with Crippen molar-refractivity contribution in [1.82, 2.24) is 0 Å². The van der Waals surface area contributed by atoms with Gasteiger partial charge in [-0.2, -0.15) is 0 Å². The van der Waals surface area contributed by atoms with E-state index < -0.39 is 5.41 Å². The Hall–Kier alpha value is -7.68. The minimum atomic E-state index is -0.501. The second-order valence-electron chi connectivity index (χ2n) is 15.6. The highest BCUT2D eigenvalue weighted by Gasteiger charge is 2.48. The number of furan rings is 1. The van der Waals surface area contributed by atoms with Gasteiger partial charge in [-0.1, -0.05) is 176 Å². The number of hydrogen-bond acceptors (Lipinski definition) is 2. The lowest BCUT2D eigenvalue weighted by molar-refractivity contribution is 0.669. The van der Waals surface area contributed by atoms with Gasteiger partial charge in [0.05, 0.1) is 11.1 Å². The van der Waals surface area contributed by atoms with E-state index in [0.717, 1.165) is 39.0 Å². The molecule has 2 nitrogen and oxygen atoms in total. The second kappa shape index (κ2) is 13.2. The van der Waals surface area contributed by atoms with E-state index in [4.69, 9.17) is 4.42 Å². The van der Waals surface area contributed by atoms with Crippen molar-refractivity contribution in [2.75, 3.05) is 4.90 Å². The Morgan fingerprint density at radius 1 is 0.390 bits per heavy atom. The van der Waals surface area contributed by atoms with E-state index in [1.165, 1.54) is 66.1 Å². The molecule has 2 heteroatoms. The number of anilines is 3. The van der Waals surface area contributed by atoms with Crippen LogP contribution in [0.3, 0.4) is 0 Å². The summed E-state index contributed by atoms with van der Waals surface area (Å²) >= 11 is 0. The molecule has 1 aliphatic rings. The number of hydrogen-bond donors (Lipinski definition) is 0. The zero-order valence-electron chi connectivity index (χ0n) is 32.2. The first-order chi connectivity index (χ1) is 29.3. The van der Waals surface area contributed by atoms with Crippen molar-refractivity contribution in [3.05, 3.63) is 247 Å². The van der Waals surface area contributed by atoms with Gasteiger partial charge in [-0.05, 0) is 115 Å². The fourth-order valence-corrected chi connectivity index (χ4v) is 10.0. The molecule has 0 fully saturated rings. The predicted molar refractivity (Wildman–Crippen MR) is 246 cm³/mol. The molecule has 276 valence electrons. The number of para-hydroxylation sites is 3. The van der Waals surface area contributed by atoms with Crippen LogP contribution in [0.1, 0.15) is 22.3 Å². The van der Waals surface area contributed by atoms with Gasteiger partial charge in [-0.15, -0.1) is 0 Å². The Morgan fingerprint density at radius 3 is 1.81 bits per heavy atom. The lowest BCUT2D eigenvalue weighted by Crippen LogP contribution is -2.28. The fourth-order valence-electron chi connectivity index (χ4n) is 10.0. The number of nitrogens with zero attached hydrogens (tertiary/aromatic N) is 1. The Balaban J connectivity index is 1.07. The SMILES string of the molecule is c1ccc(N(c2ccc3cc(-c4cc5ccccc5c5c4-c4ccccc4C5(c4ccccc4)c4ccccc4)ccc3c2)c2cccc3c2oc2ccccc23)cc1. The molecule has 0 aliphatic heterocycles. The minimum Gasteiger partial charge on any atom is -0.454 e. The maximum absolute atomic E-state index is 6.58. The van der Waals surface area contributed by atoms with Crippen LogP contribution >= 0.6 is 0 Å². The highest BCUT2D eigenvalue weighted by molar-refractivity contribution is 6.11. The van der Waals surface area contributed by atoms with Gasteiger partial charge in [0.1, 0.15) is 5.58 Å². The van der Waals surface area contributed by atoms with E-state index in [9.17, 15) is 0 Å². The van der Waals surface area contributed by atoms with Gasteiger partial charge in [-0.25, -0.2) is 0 Å². The lowest BCUT2D eigenvalue weighted by atomic mass is 9.66. The molecule has 10 aromatic carbocycles. The molecule has 12 rings (SSSR count). The summed E-state index contributed by atoms with van der Waals surface area (Å²) in [5.74, 6) is 0. The van der Waals surface area contributed by atoms with Crippen molar-refractivity contribution in [2.24, 2.45) is 0 Å². The van der Waals surface area contributed by atoms with E-state index in [2.05, 4.69) is 217 Å². The highest BCUT2D eigenvalue weighted by atomic mass is 16.3.